The minimum Gasteiger partial charge on any atom is -0.381 e. The van der Waals surface area contributed by atoms with E-state index in [0.29, 0.717) is 40.0 Å². The number of carbonyl (C=O) groups excluding carboxylic acids is 1. The van der Waals surface area contributed by atoms with E-state index < -0.39 is 0 Å². The third-order valence-electron chi connectivity index (χ3n) is 12.2. The second-order valence-corrected chi connectivity index (χ2v) is 13.2. The molecule has 10 atom stereocenters. The maximum absolute atomic E-state index is 13.2. The molecule has 5 saturated carbocycles. The van der Waals surface area contributed by atoms with Gasteiger partial charge in [0, 0.05) is 18.4 Å². The molecule has 174 valence electrons. The molecule has 0 aromatic rings. The Labute approximate surface area is 191 Å². The average molecular weight is 427 g/mol. The summed E-state index contributed by atoms with van der Waals surface area (Å²) in [5.74, 6) is 4.95. The molecular formula is C29H46O2. The van der Waals surface area contributed by atoms with Crippen molar-refractivity contribution < 1.29 is 9.53 Å². The van der Waals surface area contributed by atoms with Gasteiger partial charge in [0.15, 0.2) is 5.78 Å². The second kappa shape index (κ2) is 7.18. The molecule has 0 bridgehead atoms. The van der Waals surface area contributed by atoms with Crippen LogP contribution in [0, 0.1) is 57.7 Å². The van der Waals surface area contributed by atoms with Crippen molar-refractivity contribution in [1.29, 1.82) is 0 Å². The number of rotatable bonds is 5. The Morgan fingerprint density at radius 3 is 2.42 bits per heavy atom. The van der Waals surface area contributed by atoms with Gasteiger partial charge in [0.2, 0.25) is 0 Å². The van der Waals surface area contributed by atoms with Crippen LogP contribution >= 0.6 is 0 Å². The van der Waals surface area contributed by atoms with Crippen molar-refractivity contribution in [2.75, 3.05) is 7.11 Å². The van der Waals surface area contributed by atoms with E-state index in [9.17, 15) is 4.79 Å². The van der Waals surface area contributed by atoms with Crippen LogP contribution in [0.5, 0.6) is 0 Å². The number of ether oxygens (including phenoxy) is 1. The van der Waals surface area contributed by atoms with Gasteiger partial charge in [-0.05, 0) is 111 Å². The van der Waals surface area contributed by atoms with Gasteiger partial charge in [-0.1, -0.05) is 40.2 Å². The first-order valence-electron chi connectivity index (χ1n) is 13.3. The molecule has 2 heteroatoms. The first-order chi connectivity index (χ1) is 14.6. The zero-order chi connectivity index (χ0) is 22.3. The van der Waals surface area contributed by atoms with E-state index in [1.54, 1.807) is 0 Å². The summed E-state index contributed by atoms with van der Waals surface area (Å²) >= 11 is 0. The van der Waals surface area contributed by atoms with Crippen LogP contribution in [0.2, 0.25) is 0 Å². The molecule has 0 radical (unpaired) electrons. The molecule has 0 unspecified atom stereocenters. The smallest absolute Gasteiger partial charge is 0.158 e. The summed E-state index contributed by atoms with van der Waals surface area (Å²) in [5, 5.41) is 0. The normalized spacial score (nSPS) is 51.7. The van der Waals surface area contributed by atoms with E-state index in [2.05, 4.69) is 41.5 Å². The molecule has 0 amide bonds. The fourth-order valence-corrected chi connectivity index (χ4v) is 10.2. The third kappa shape index (κ3) is 2.82. The molecule has 0 heterocycles. The standard InChI is InChI=1S/C29H46O2/c1-17(2)18(3)14-25(30)19(4)22-8-9-23-21-15-26(31-7)29-16-20(29)10-13-28(29,6)24(21)11-12-27(22,23)5/h14,17,19-24,26H,8-13,15-16H2,1-7H3/b18-14+/t19-,20+,21-,22+,23-,24-,26+,27+,28+,29-/m0/s1. The molecule has 5 fully saturated rings. The Bertz CT molecular complexity index is 782. The topological polar surface area (TPSA) is 26.3 Å². The van der Waals surface area contributed by atoms with Gasteiger partial charge in [0.1, 0.15) is 0 Å². The Morgan fingerprint density at radius 2 is 1.77 bits per heavy atom. The lowest BCUT2D eigenvalue weighted by Crippen LogP contribution is -2.57. The molecular weight excluding hydrogens is 380 g/mol. The number of ketones is 1. The van der Waals surface area contributed by atoms with E-state index in [-0.39, 0.29) is 5.92 Å². The maximum Gasteiger partial charge on any atom is 0.158 e. The Hall–Kier alpha value is -0.630. The van der Waals surface area contributed by atoms with Crippen molar-refractivity contribution in [3.05, 3.63) is 11.6 Å². The molecule has 5 aliphatic rings. The number of hydrogen-bond acceptors (Lipinski definition) is 2. The predicted molar refractivity (Wildman–Crippen MR) is 127 cm³/mol. The zero-order valence-electron chi connectivity index (χ0n) is 21.2. The first-order valence-corrected chi connectivity index (χ1v) is 13.3. The fourth-order valence-electron chi connectivity index (χ4n) is 10.2. The van der Waals surface area contributed by atoms with Crippen LogP contribution in [-0.4, -0.2) is 19.0 Å². The lowest BCUT2D eigenvalue weighted by Gasteiger charge is -2.61. The zero-order valence-corrected chi connectivity index (χ0v) is 21.2. The molecule has 5 aliphatic carbocycles. The maximum atomic E-state index is 13.2. The molecule has 1 spiro atoms. The Morgan fingerprint density at radius 1 is 1.03 bits per heavy atom. The SMILES string of the molecule is CO[C@@H]1C[C@H]2[C@@H]3CC[C@H]([C@H](C)C(=O)/C=C(\C)C(C)C)[C@@]3(C)CC[C@@H]2[C@@]2(C)CC[C@@H]3C[C@]312. The minimum atomic E-state index is 0.156. The van der Waals surface area contributed by atoms with E-state index in [4.69, 9.17) is 4.74 Å². The lowest BCUT2D eigenvalue weighted by molar-refractivity contribution is -0.161. The largest absolute Gasteiger partial charge is 0.381 e. The van der Waals surface area contributed by atoms with E-state index >= 15 is 0 Å². The molecule has 0 N–H and O–H groups in total. The molecule has 5 rings (SSSR count). The molecule has 2 nitrogen and oxygen atoms in total. The van der Waals surface area contributed by atoms with Crippen molar-refractivity contribution in [3.63, 3.8) is 0 Å². The highest BCUT2D eigenvalue weighted by molar-refractivity contribution is 5.92. The summed E-state index contributed by atoms with van der Waals surface area (Å²) in [5.41, 5.74) is 2.57. The molecule has 0 saturated heterocycles. The number of methoxy groups -OCH3 is 1. The van der Waals surface area contributed by atoms with Crippen LogP contribution in [-0.2, 0) is 9.53 Å². The number of allylic oxidation sites excluding steroid dienone is 2. The van der Waals surface area contributed by atoms with Gasteiger partial charge in [0.05, 0.1) is 6.10 Å². The monoisotopic (exact) mass is 426 g/mol. The highest BCUT2D eigenvalue weighted by Gasteiger charge is 2.77. The van der Waals surface area contributed by atoms with Crippen molar-refractivity contribution in [3.8, 4) is 0 Å². The quantitative estimate of drug-likeness (QED) is 0.439. The van der Waals surface area contributed by atoms with Crippen molar-refractivity contribution in [1.82, 2.24) is 0 Å². The van der Waals surface area contributed by atoms with Gasteiger partial charge < -0.3 is 4.74 Å². The van der Waals surface area contributed by atoms with Gasteiger partial charge in [-0.25, -0.2) is 0 Å². The van der Waals surface area contributed by atoms with E-state index in [0.717, 1.165) is 23.7 Å². The number of carbonyl (C=O) groups is 1. The van der Waals surface area contributed by atoms with Crippen LogP contribution in [0.1, 0.15) is 92.9 Å². The van der Waals surface area contributed by atoms with Crippen LogP contribution in [0.4, 0.5) is 0 Å². The van der Waals surface area contributed by atoms with Gasteiger partial charge in [-0.3, -0.25) is 4.79 Å². The van der Waals surface area contributed by atoms with Gasteiger partial charge in [-0.2, -0.15) is 0 Å². The summed E-state index contributed by atoms with van der Waals surface area (Å²) in [4.78, 5) is 13.2. The molecule has 0 aromatic carbocycles. The third-order valence-corrected chi connectivity index (χ3v) is 12.2. The minimum absolute atomic E-state index is 0.156. The summed E-state index contributed by atoms with van der Waals surface area (Å²) in [6.45, 7) is 14.0. The predicted octanol–water partition coefficient (Wildman–Crippen LogP) is 7.08. The summed E-state index contributed by atoms with van der Waals surface area (Å²) in [6, 6.07) is 0. The highest BCUT2D eigenvalue weighted by Crippen LogP contribution is 2.82. The Balaban J connectivity index is 1.40. The van der Waals surface area contributed by atoms with Gasteiger partial charge in [-0.15, -0.1) is 0 Å². The van der Waals surface area contributed by atoms with Crippen molar-refractivity contribution in [2.45, 2.75) is 99.0 Å². The average Bonchev–Trinajstić information content (AvgIpc) is 3.24. The fraction of sp³-hybridized carbons (Fsp3) is 0.897. The highest BCUT2D eigenvalue weighted by atomic mass is 16.5. The summed E-state index contributed by atoms with van der Waals surface area (Å²) in [6.07, 6.45) is 13.3. The molecule has 31 heavy (non-hydrogen) atoms. The lowest BCUT2D eigenvalue weighted by atomic mass is 9.45. The van der Waals surface area contributed by atoms with Crippen LogP contribution in [0.15, 0.2) is 11.6 Å². The van der Waals surface area contributed by atoms with E-state index in [1.165, 1.54) is 56.9 Å². The van der Waals surface area contributed by atoms with Gasteiger partial charge in [0.25, 0.3) is 0 Å². The van der Waals surface area contributed by atoms with Crippen LogP contribution < -0.4 is 0 Å². The summed E-state index contributed by atoms with van der Waals surface area (Å²) < 4.78 is 6.26. The second-order valence-electron chi connectivity index (χ2n) is 13.2. The molecule has 0 aromatic heterocycles. The summed E-state index contributed by atoms with van der Waals surface area (Å²) in [7, 11) is 1.98. The van der Waals surface area contributed by atoms with E-state index in [1.807, 2.05) is 13.2 Å². The number of fused-ring (bicyclic) bond motifs is 4. The van der Waals surface area contributed by atoms with Crippen molar-refractivity contribution in [2.24, 2.45) is 57.7 Å². The van der Waals surface area contributed by atoms with Crippen LogP contribution in [0.3, 0.4) is 0 Å². The van der Waals surface area contributed by atoms with Crippen molar-refractivity contribution >= 4 is 5.78 Å². The van der Waals surface area contributed by atoms with Crippen LogP contribution in [0.25, 0.3) is 0 Å². The van der Waals surface area contributed by atoms with Gasteiger partial charge >= 0.3 is 0 Å². The first kappa shape index (κ1) is 22.2. The Kier molecular flexibility index (Phi) is 5.14. The molecule has 0 aliphatic heterocycles. The number of hydrogen-bond donors (Lipinski definition) is 0.